The van der Waals surface area contributed by atoms with Gasteiger partial charge in [0, 0.05) is 32.2 Å². The van der Waals surface area contributed by atoms with Gasteiger partial charge in [-0.25, -0.2) is 4.79 Å². The Morgan fingerprint density at radius 1 is 1.37 bits per heavy atom. The van der Waals surface area contributed by atoms with Gasteiger partial charge in [-0.3, -0.25) is 0 Å². The van der Waals surface area contributed by atoms with Crippen molar-refractivity contribution in [3.05, 3.63) is 30.5 Å². The van der Waals surface area contributed by atoms with Gasteiger partial charge in [0.25, 0.3) is 0 Å². The van der Waals surface area contributed by atoms with Crippen molar-refractivity contribution in [3.8, 4) is 5.75 Å². The number of ether oxygens (including phenoxy) is 1. The van der Waals surface area contributed by atoms with Crippen LogP contribution < -0.4 is 4.74 Å². The molecule has 0 radical (unpaired) electrons. The van der Waals surface area contributed by atoms with E-state index in [1.807, 2.05) is 42.1 Å². The molecular formula is C15H20N2O2. The van der Waals surface area contributed by atoms with E-state index < -0.39 is 0 Å². The molecule has 0 atom stereocenters. The molecule has 1 aromatic heterocycles. The van der Waals surface area contributed by atoms with Crippen LogP contribution in [0.3, 0.4) is 0 Å². The molecule has 0 saturated heterocycles. The summed E-state index contributed by atoms with van der Waals surface area (Å²) in [7, 11) is 3.74. The van der Waals surface area contributed by atoms with Gasteiger partial charge in [0.05, 0.1) is 5.52 Å². The number of carbonyl (C=O) groups excluding carboxylic acids is 1. The number of benzene rings is 1. The lowest BCUT2D eigenvalue weighted by Gasteiger charge is -2.16. The SMILES string of the molecule is CCCCN(C)C(=O)Oc1cccc2c1ccn2C. The Labute approximate surface area is 113 Å². The predicted molar refractivity (Wildman–Crippen MR) is 76.5 cm³/mol. The number of aromatic nitrogens is 1. The van der Waals surface area contributed by atoms with Gasteiger partial charge in [0.15, 0.2) is 0 Å². The third kappa shape index (κ3) is 2.89. The van der Waals surface area contributed by atoms with E-state index in [9.17, 15) is 4.79 Å². The van der Waals surface area contributed by atoms with Crippen molar-refractivity contribution in [2.45, 2.75) is 19.8 Å². The molecule has 0 N–H and O–H groups in total. The first kappa shape index (κ1) is 13.5. The van der Waals surface area contributed by atoms with Crippen LogP contribution in [0.4, 0.5) is 4.79 Å². The van der Waals surface area contributed by atoms with E-state index in [1.165, 1.54) is 0 Å². The van der Waals surface area contributed by atoms with Crippen molar-refractivity contribution in [2.75, 3.05) is 13.6 Å². The topological polar surface area (TPSA) is 34.5 Å². The minimum absolute atomic E-state index is 0.301. The normalized spacial score (nSPS) is 10.7. The Morgan fingerprint density at radius 2 is 2.16 bits per heavy atom. The maximum absolute atomic E-state index is 12.0. The Balaban J connectivity index is 2.15. The van der Waals surface area contributed by atoms with Crippen molar-refractivity contribution in [1.29, 1.82) is 0 Å². The molecule has 0 aliphatic heterocycles. The van der Waals surface area contributed by atoms with Crippen LogP contribution in [0.15, 0.2) is 30.5 Å². The van der Waals surface area contributed by atoms with Gasteiger partial charge < -0.3 is 14.2 Å². The molecule has 2 rings (SSSR count). The van der Waals surface area contributed by atoms with Crippen LogP contribution >= 0.6 is 0 Å². The van der Waals surface area contributed by atoms with Gasteiger partial charge in [0.1, 0.15) is 5.75 Å². The van der Waals surface area contributed by atoms with Gasteiger partial charge in [-0.05, 0) is 24.6 Å². The lowest BCUT2D eigenvalue weighted by Crippen LogP contribution is -2.30. The highest BCUT2D eigenvalue weighted by Gasteiger charge is 2.13. The van der Waals surface area contributed by atoms with E-state index in [-0.39, 0.29) is 6.09 Å². The standard InChI is InChI=1S/C15H20N2O2/c1-4-5-10-17(3)15(18)19-14-8-6-7-13-12(14)9-11-16(13)2/h6-9,11H,4-5,10H2,1-3H3. The molecule has 1 aromatic carbocycles. The fraction of sp³-hybridized carbons (Fsp3) is 0.400. The third-order valence-electron chi connectivity index (χ3n) is 3.24. The Kier molecular flexibility index (Phi) is 4.10. The third-order valence-corrected chi connectivity index (χ3v) is 3.24. The molecule has 2 aromatic rings. The molecule has 1 amide bonds. The quantitative estimate of drug-likeness (QED) is 0.844. The van der Waals surface area contributed by atoms with Crippen LogP contribution in [0.5, 0.6) is 5.75 Å². The number of amides is 1. The van der Waals surface area contributed by atoms with Gasteiger partial charge in [-0.2, -0.15) is 0 Å². The molecule has 4 nitrogen and oxygen atoms in total. The number of hydrogen-bond acceptors (Lipinski definition) is 2. The molecular weight excluding hydrogens is 240 g/mol. The highest BCUT2D eigenvalue weighted by atomic mass is 16.6. The Bertz CT molecular complexity index is 575. The van der Waals surface area contributed by atoms with Crippen LogP contribution in [0.25, 0.3) is 10.9 Å². The van der Waals surface area contributed by atoms with Gasteiger partial charge >= 0.3 is 6.09 Å². The lowest BCUT2D eigenvalue weighted by molar-refractivity contribution is 0.163. The molecule has 0 aliphatic rings. The van der Waals surface area contributed by atoms with E-state index in [0.29, 0.717) is 5.75 Å². The first-order chi connectivity index (χ1) is 9.13. The summed E-state index contributed by atoms with van der Waals surface area (Å²) >= 11 is 0. The minimum atomic E-state index is -0.301. The number of carbonyl (C=O) groups is 1. The van der Waals surface area contributed by atoms with Gasteiger partial charge in [0.2, 0.25) is 0 Å². The largest absolute Gasteiger partial charge is 0.414 e. The van der Waals surface area contributed by atoms with E-state index in [4.69, 9.17) is 4.74 Å². The molecule has 0 aliphatic carbocycles. The molecule has 0 saturated carbocycles. The average molecular weight is 260 g/mol. The average Bonchev–Trinajstić information content (AvgIpc) is 2.79. The molecule has 19 heavy (non-hydrogen) atoms. The molecule has 0 unspecified atom stereocenters. The Hall–Kier alpha value is -1.97. The lowest BCUT2D eigenvalue weighted by atomic mass is 10.2. The summed E-state index contributed by atoms with van der Waals surface area (Å²) in [5.74, 6) is 0.617. The molecule has 1 heterocycles. The zero-order valence-corrected chi connectivity index (χ0v) is 11.7. The summed E-state index contributed by atoms with van der Waals surface area (Å²) in [4.78, 5) is 13.6. The van der Waals surface area contributed by atoms with Crippen molar-refractivity contribution < 1.29 is 9.53 Å². The second kappa shape index (κ2) is 5.78. The number of aryl methyl sites for hydroxylation is 1. The van der Waals surface area contributed by atoms with E-state index in [2.05, 4.69) is 6.92 Å². The molecule has 102 valence electrons. The maximum atomic E-state index is 12.0. The number of unbranched alkanes of at least 4 members (excludes halogenated alkanes) is 1. The molecule has 0 fully saturated rings. The summed E-state index contributed by atoms with van der Waals surface area (Å²) in [6.07, 6.45) is 3.71. The zero-order chi connectivity index (χ0) is 13.8. The van der Waals surface area contributed by atoms with Crippen molar-refractivity contribution in [1.82, 2.24) is 9.47 Å². The van der Waals surface area contributed by atoms with Crippen molar-refractivity contribution in [3.63, 3.8) is 0 Å². The molecule has 0 spiro atoms. The monoisotopic (exact) mass is 260 g/mol. The van der Waals surface area contributed by atoms with E-state index in [1.54, 1.807) is 11.9 Å². The second-order valence-corrected chi connectivity index (χ2v) is 4.76. The van der Waals surface area contributed by atoms with Crippen LogP contribution in [-0.2, 0) is 7.05 Å². The molecule has 0 bridgehead atoms. The number of nitrogens with zero attached hydrogens (tertiary/aromatic N) is 2. The van der Waals surface area contributed by atoms with Crippen molar-refractivity contribution in [2.24, 2.45) is 7.05 Å². The first-order valence-electron chi connectivity index (χ1n) is 6.60. The van der Waals surface area contributed by atoms with Crippen LogP contribution in [0.1, 0.15) is 19.8 Å². The number of rotatable bonds is 4. The smallest absolute Gasteiger partial charge is 0.409 e. The minimum Gasteiger partial charge on any atom is -0.409 e. The van der Waals surface area contributed by atoms with Gasteiger partial charge in [-0.15, -0.1) is 0 Å². The van der Waals surface area contributed by atoms with Crippen LogP contribution in [0, 0.1) is 0 Å². The van der Waals surface area contributed by atoms with Crippen LogP contribution in [0.2, 0.25) is 0 Å². The second-order valence-electron chi connectivity index (χ2n) is 4.76. The van der Waals surface area contributed by atoms with E-state index >= 15 is 0 Å². The number of hydrogen-bond donors (Lipinski definition) is 0. The predicted octanol–water partition coefficient (Wildman–Crippen LogP) is 3.41. The Morgan fingerprint density at radius 3 is 2.89 bits per heavy atom. The summed E-state index contributed by atoms with van der Waals surface area (Å²) in [6, 6.07) is 7.70. The summed E-state index contributed by atoms with van der Waals surface area (Å²) < 4.78 is 7.48. The maximum Gasteiger partial charge on any atom is 0.414 e. The molecule has 4 heteroatoms. The first-order valence-corrected chi connectivity index (χ1v) is 6.60. The summed E-state index contributed by atoms with van der Waals surface area (Å²) in [6.45, 7) is 2.82. The fourth-order valence-corrected chi connectivity index (χ4v) is 2.02. The van der Waals surface area contributed by atoms with Crippen LogP contribution in [-0.4, -0.2) is 29.2 Å². The van der Waals surface area contributed by atoms with Gasteiger partial charge in [-0.1, -0.05) is 19.4 Å². The van der Waals surface area contributed by atoms with E-state index in [0.717, 1.165) is 30.3 Å². The van der Waals surface area contributed by atoms with Crippen molar-refractivity contribution >= 4 is 17.0 Å². The fourth-order valence-electron chi connectivity index (χ4n) is 2.02. The highest BCUT2D eigenvalue weighted by molar-refractivity contribution is 5.88. The highest BCUT2D eigenvalue weighted by Crippen LogP contribution is 2.26. The number of fused-ring (bicyclic) bond motifs is 1. The summed E-state index contributed by atoms with van der Waals surface area (Å²) in [5, 5.41) is 0.960. The summed E-state index contributed by atoms with van der Waals surface area (Å²) in [5.41, 5.74) is 1.06. The zero-order valence-electron chi connectivity index (χ0n) is 11.7.